The van der Waals surface area contributed by atoms with Gasteiger partial charge < -0.3 is 5.32 Å². The topological polar surface area (TPSA) is 115 Å². The van der Waals surface area contributed by atoms with Crippen molar-refractivity contribution < 1.29 is 9.72 Å². The minimum Gasteiger partial charge on any atom is -0.332 e. The van der Waals surface area contributed by atoms with Crippen LogP contribution in [-0.2, 0) is 11.2 Å². The van der Waals surface area contributed by atoms with Crippen molar-refractivity contribution in [2.45, 2.75) is 33.1 Å². The van der Waals surface area contributed by atoms with Crippen LogP contribution in [0.15, 0.2) is 60.7 Å². The number of carbonyl (C=O) groups excluding carboxylic acids is 1. The fourth-order valence-corrected chi connectivity index (χ4v) is 4.14. The number of amides is 1. The quantitative estimate of drug-likeness (QED) is 0.117. The van der Waals surface area contributed by atoms with Crippen LogP contribution >= 0.6 is 23.8 Å². The van der Waals surface area contributed by atoms with Crippen molar-refractivity contribution in [2.24, 2.45) is 0 Å². The minimum absolute atomic E-state index is 0.0228. The molecule has 0 aliphatic rings. The second kappa shape index (κ2) is 11.9. The van der Waals surface area contributed by atoms with Gasteiger partial charge in [0.1, 0.15) is 16.1 Å². The van der Waals surface area contributed by atoms with E-state index in [4.69, 9.17) is 23.8 Å². The van der Waals surface area contributed by atoms with Crippen molar-refractivity contribution in [2.75, 3.05) is 5.32 Å². The number of fused-ring (bicyclic) bond motifs is 1. The smallest absolute Gasteiger partial charge is 0.288 e. The SMILES string of the molecule is CCCCc1ccc(-n2nc3cc(C)c(NC(=S)NC(=O)/C=C/c4ccc(Cl)c([N+](=O)[O-])c4)cc3n2)cc1. The number of halogens is 1. The van der Waals surface area contributed by atoms with Gasteiger partial charge in [0, 0.05) is 17.8 Å². The molecule has 3 aromatic carbocycles. The highest BCUT2D eigenvalue weighted by molar-refractivity contribution is 7.80. The molecule has 0 aliphatic carbocycles. The van der Waals surface area contributed by atoms with Crippen LogP contribution in [0.25, 0.3) is 22.8 Å². The Bertz CT molecular complexity index is 1550. The van der Waals surface area contributed by atoms with Gasteiger partial charge >= 0.3 is 0 Å². The number of hydrogen-bond donors (Lipinski definition) is 2. The molecule has 9 nitrogen and oxygen atoms in total. The van der Waals surface area contributed by atoms with Gasteiger partial charge in [0.2, 0.25) is 5.91 Å². The summed E-state index contributed by atoms with van der Waals surface area (Å²) in [7, 11) is 0. The zero-order chi connectivity index (χ0) is 27.2. The molecule has 0 aliphatic heterocycles. The van der Waals surface area contributed by atoms with Gasteiger partial charge in [-0.15, -0.1) is 10.2 Å². The third-order valence-electron chi connectivity index (χ3n) is 5.79. The van der Waals surface area contributed by atoms with E-state index in [0.717, 1.165) is 36.0 Å². The molecule has 0 saturated heterocycles. The molecular weight excluding hydrogens is 524 g/mol. The molecule has 4 rings (SSSR count). The molecule has 0 spiro atoms. The van der Waals surface area contributed by atoms with Gasteiger partial charge in [-0.05, 0) is 85.1 Å². The number of thiocarbonyl (C=S) groups is 1. The highest BCUT2D eigenvalue weighted by Gasteiger charge is 2.13. The number of nitro benzene ring substituents is 1. The lowest BCUT2D eigenvalue weighted by atomic mass is 10.1. The number of anilines is 1. The fraction of sp³-hybridized carbons (Fsp3) is 0.185. The Morgan fingerprint density at radius 3 is 2.53 bits per heavy atom. The molecule has 38 heavy (non-hydrogen) atoms. The van der Waals surface area contributed by atoms with E-state index in [2.05, 4.69) is 39.9 Å². The van der Waals surface area contributed by atoms with Crippen molar-refractivity contribution >= 4 is 63.3 Å². The normalized spacial score (nSPS) is 11.1. The lowest BCUT2D eigenvalue weighted by Gasteiger charge is -2.10. The molecule has 0 fully saturated rings. The third-order valence-corrected chi connectivity index (χ3v) is 6.32. The van der Waals surface area contributed by atoms with E-state index in [1.165, 1.54) is 29.8 Å². The first-order chi connectivity index (χ1) is 18.2. The predicted octanol–water partition coefficient (Wildman–Crippen LogP) is 6.16. The van der Waals surface area contributed by atoms with Crippen LogP contribution < -0.4 is 10.6 Å². The molecule has 2 N–H and O–H groups in total. The van der Waals surface area contributed by atoms with Crippen LogP contribution in [0.5, 0.6) is 0 Å². The van der Waals surface area contributed by atoms with Gasteiger partial charge in [0.25, 0.3) is 5.69 Å². The van der Waals surface area contributed by atoms with Crippen molar-refractivity contribution in [3.63, 3.8) is 0 Å². The van der Waals surface area contributed by atoms with E-state index in [0.29, 0.717) is 16.8 Å². The summed E-state index contributed by atoms with van der Waals surface area (Å²) in [5.74, 6) is -0.493. The monoisotopic (exact) mass is 548 g/mol. The maximum absolute atomic E-state index is 12.3. The van der Waals surface area contributed by atoms with Gasteiger partial charge in [0.05, 0.1) is 10.6 Å². The summed E-state index contributed by atoms with van der Waals surface area (Å²) >= 11 is 11.1. The number of unbranched alkanes of at least 4 members (excludes halogenated alkanes) is 1. The van der Waals surface area contributed by atoms with Crippen LogP contribution in [0.3, 0.4) is 0 Å². The lowest BCUT2D eigenvalue weighted by Crippen LogP contribution is -2.33. The lowest BCUT2D eigenvalue weighted by molar-refractivity contribution is -0.384. The van der Waals surface area contributed by atoms with Gasteiger partial charge in [-0.1, -0.05) is 43.1 Å². The van der Waals surface area contributed by atoms with Crippen molar-refractivity contribution in [3.05, 3.63) is 92.5 Å². The van der Waals surface area contributed by atoms with E-state index in [-0.39, 0.29) is 15.8 Å². The summed E-state index contributed by atoms with van der Waals surface area (Å²) < 4.78 is 0. The molecule has 0 radical (unpaired) electrons. The van der Waals surface area contributed by atoms with Crippen LogP contribution in [0.4, 0.5) is 11.4 Å². The summed E-state index contributed by atoms with van der Waals surface area (Å²) in [6, 6.07) is 16.2. The van der Waals surface area contributed by atoms with Crippen LogP contribution in [-0.4, -0.2) is 30.9 Å². The second-order valence-electron chi connectivity index (χ2n) is 8.66. The maximum atomic E-state index is 12.3. The van der Waals surface area contributed by atoms with Crippen molar-refractivity contribution in [1.29, 1.82) is 0 Å². The Labute approximate surface area is 229 Å². The average molecular weight is 549 g/mol. The molecule has 11 heteroatoms. The van der Waals surface area contributed by atoms with Gasteiger partial charge in [-0.25, -0.2) is 0 Å². The highest BCUT2D eigenvalue weighted by atomic mass is 35.5. The molecule has 1 aromatic heterocycles. The van der Waals surface area contributed by atoms with Crippen molar-refractivity contribution in [1.82, 2.24) is 20.3 Å². The Morgan fingerprint density at radius 1 is 1.13 bits per heavy atom. The summed E-state index contributed by atoms with van der Waals surface area (Å²) in [6.45, 7) is 4.08. The van der Waals surface area contributed by atoms with Crippen LogP contribution in [0.1, 0.15) is 36.5 Å². The average Bonchev–Trinajstić information content (AvgIpc) is 3.29. The molecule has 0 saturated carbocycles. The first-order valence-electron chi connectivity index (χ1n) is 11.9. The largest absolute Gasteiger partial charge is 0.332 e. The molecule has 1 heterocycles. The van der Waals surface area contributed by atoms with Gasteiger partial charge in [-0.3, -0.25) is 20.2 Å². The number of nitrogens with zero attached hydrogens (tertiary/aromatic N) is 4. The number of rotatable bonds is 8. The Balaban J connectivity index is 1.42. The van der Waals surface area contributed by atoms with Crippen molar-refractivity contribution in [3.8, 4) is 5.69 Å². The zero-order valence-electron chi connectivity index (χ0n) is 20.8. The number of nitro groups is 1. The van der Waals surface area contributed by atoms with Crippen LogP contribution in [0, 0.1) is 17.0 Å². The summed E-state index contributed by atoms with van der Waals surface area (Å²) in [6.07, 6.45) is 6.03. The van der Waals surface area contributed by atoms with Gasteiger partial charge in [-0.2, -0.15) is 4.80 Å². The van der Waals surface area contributed by atoms with E-state index >= 15 is 0 Å². The van der Waals surface area contributed by atoms with E-state index in [1.54, 1.807) is 10.9 Å². The minimum atomic E-state index is -0.583. The number of aromatic nitrogens is 3. The second-order valence-corrected chi connectivity index (χ2v) is 9.48. The van der Waals surface area contributed by atoms with Crippen LogP contribution in [0.2, 0.25) is 5.02 Å². The van der Waals surface area contributed by atoms with Gasteiger partial charge in [0.15, 0.2) is 5.11 Å². The van der Waals surface area contributed by atoms with E-state index in [1.807, 2.05) is 31.2 Å². The predicted molar refractivity (Wildman–Crippen MR) is 154 cm³/mol. The summed E-state index contributed by atoms with van der Waals surface area (Å²) in [4.78, 5) is 24.4. The third kappa shape index (κ3) is 6.58. The molecule has 0 bridgehead atoms. The fourth-order valence-electron chi connectivity index (χ4n) is 3.75. The van der Waals surface area contributed by atoms with E-state index in [9.17, 15) is 14.9 Å². The zero-order valence-corrected chi connectivity index (χ0v) is 22.3. The number of aryl methyl sites for hydroxylation is 2. The molecule has 4 aromatic rings. The Hall–Kier alpha value is -4.15. The van der Waals surface area contributed by atoms with E-state index < -0.39 is 10.8 Å². The Morgan fingerprint density at radius 2 is 1.84 bits per heavy atom. The summed E-state index contributed by atoms with van der Waals surface area (Å²) in [5.41, 5.74) is 5.34. The molecule has 0 unspecified atom stereocenters. The summed E-state index contributed by atoms with van der Waals surface area (Å²) in [5, 5.41) is 25.9. The molecular formula is C27H25ClN6O3S. The molecule has 0 atom stereocenters. The number of carbonyl (C=O) groups is 1. The molecule has 194 valence electrons. The first kappa shape index (κ1) is 26.9. The highest BCUT2D eigenvalue weighted by Crippen LogP contribution is 2.26. The number of benzene rings is 3. The Kier molecular flexibility index (Phi) is 8.45. The molecule has 1 amide bonds. The maximum Gasteiger partial charge on any atom is 0.288 e. The first-order valence-corrected chi connectivity index (χ1v) is 12.7. The standard InChI is InChI=1S/C27H25ClN6O3S/c1-3-4-5-18-6-10-20(11-7-18)33-31-23-14-17(2)22(16-24(23)32-33)29-27(38)30-26(35)13-9-19-8-12-21(28)25(15-19)34(36)37/h6-16H,3-5H2,1-2H3,(H2,29,30,35,38)/b13-9+. The number of nitrogens with one attached hydrogen (secondary N) is 2. The number of hydrogen-bond acceptors (Lipinski definition) is 6.